The summed E-state index contributed by atoms with van der Waals surface area (Å²) in [7, 11) is 0. The van der Waals surface area contributed by atoms with E-state index in [-0.39, 0.29) is 18.5 Å². The van der Waals surface area contributed by atoms with Gasteiger partial charge < -0.3 is 15.7 Å². The van der Waals surface area contributed by atoms with Crippen molar-refractivity contribution in [3.8, 4) is 0 Å². The van der Waals surface area contributed by atoms with Crippen LogP contribution >= 0.6 is 0 Å². The Morgan fingerprint density at radius 3 is 2.55 bits per heavy atom. The molecule has 0 bridgehead atoms. The van der Waals surface area contributed by atoms with Crippen LogP contribution in [0.1, 0.15) is 12.8 Å². The van der Waals surface area contributed by atoms with E-state index in [0.717, 1.165) is 12.8 Å². The third-order valence-corrected chi connectivity index (χ3v) is 1.60. The molecule has 1 saturated carbocycles. The van der Waals surface area contributed by atoms with Gasteiger partial charge in [-0.1, -0.05) is 0 Å². The summed E-state index contributed by atoms with van der Waals surface area (Å²) >= 11 is 0. The largest absolute Gasteiger partial charge is 0.480 e. The first kappa shape index (κ1) is 7.84. The second-order valence-corrected chi connectivity index (χ2v) is 2.64. The molecule has 0 aromatic heterocycles. The number of carbonyl (C=O) groups is 1. The normalized spacial score (nSPS) is 16.0. The topological polar surface area (TPSA) is 90.4 Å². The van der Waals surface area contributed by atoms with E-state index >= 15 is 0 Å². The zero-order valence-corrected chi connectivity index (χ0v) is 6.08. The fourth-order valence-corrected chi connectivity index (χ4v) is 0.943. The highest BCUT2D eigenvalue weighted by Gasteiger charge is 2.31. The lowest BCUT2D eigenvalue weighted by Crippen LogP contribution is -2.41. The van der Waals surface area contributed by atoms with Gasteiger partial charge in [0.15, 0.2) is 5.96 Å². The number of nitrogens with two attached hydrogens (primary N) is 1. The second kappa shape index (κ2) is 2.77. The molecule has 0 aromatic carbocycles. The van der Waals surface area contributed by atoms with Gasteiger partial charge in [0.25, 0.3) is 0 Å². The number of rotatable bonds is 3. The summed E-state index contributed by atoms with van der Waals surface area (Å²) < 4.78 is 0. The Morgan fingerprint density at radius 2 is 2.27 bits per heavy atom. The average Bonchev–Trinajstić information content (AvgIpc) is 2.63. The number of carboxylic acid groups (broad SMARTS) is 1. The highest BCUT2D eigenvalue weighted by molar-refractivity contribution is 5.80. The van der Waals surface area contributed by atoms with E-state index in [2.05, 4.69) is 0 Å². The summed E-state index contributed by atoms with van der Waals surface area (Å²) in [5.74, 6) is -1.08. The SMILES string of the molecule is N=C(N)N(CC(=O)O)C1CC1. The predicted molar refractivity (Wildman–Crippen MR) is 39.3 cm³/mol. The standard InChI is InChI=1S/C6H11N3O2/c7-6(8)9(3-5(10)11)4-1-2-4/h4H,1-3H2,(H3,7,8)(H,10,11). The molecule has 1 rings (SSSR count). The maximum atomic E-state index is 10.3. The highest BCUT2D eigenvalue weighted by atomic mass is 16.4. The van der Waals surface area contributed by atoms with Crippen molar-refractivity contribution in [2.24, 2.45) is 5.73 Å². The molecule has 5 nitrogen and oxygen atoms in total. The van der Waals surface area contributed by atoms with Gasteiger partial charge in [0.05, 0.1) is 0 Å². The monoisotopic (exact) mass is 157 g/mol. The third kappa shape index (κ3) is 2.10. The number of aliphatic carboxylic acids is 1. The zero-order chi connectivity index (χ0) is 8.43. The number of nitrogens with zero attached hydrogens (tertiary/aromatic N) is 1. The predicted octanol–water partition coefficient (Wildman–Crippen LogP) is -0.571. The number of guanidine groups is 1. The van der Waals surface area contributed by atoms with Gasteiger partial charge >= 0.3 is 5.97 Å². The average molecular weight is 157 g/mol. The van der Waals surface area contributed by atoms with E-state index in [4.69, 9.17) is 16.2 Å². The minimum absolute atomic E-state index is 0.144. The first-order valence-electron chi connectivity index (χ1n) is 3.43. The van der Waals surface area contributed by atoms with Crippen molar-refractivity contribution in [1.29, 1.82) is 5.41 Å². The molecule has 0 radical (unpaired) electrons. The molecule has 5 heteroatoms. The van der Waals surface area contributed by atoms with Gasteiger partial charge in [-0.15, -0.1) is 0 Å². The van der Waals surface area contributed by atoms with Gasteiger partial charge in [-0.2, -0.15) is 0 Å². The van der Waals surface area contributed by atoms with Crippen LogP contribution in [0.15, 0.2) is 0 Å². The van der Waals surface area contributed by atoms with Crippen LogP contribution in [-0.4, -0.2) is 34.5 Å². The lowest BCUT2D eigenvalue weighted by molar-refractivity contribution is -0.137. The van der Waals surface area contributed by atoms with Crippen molar-refractivity contribution in [3.63, 3.8) is 0 Å². The smallest absolute Gasteiger partial charge is 0.323 e. The van der Waals surface area contributed by atoms with Crippen LogP contribution in [-0.2, 0) is 4.79 Å². The first-order valence-corrected chi connectivity index (χ1v) is 3.43. The molecule has 0 saturated heterocycles. The summed E-state index contributed by atoms with van der Waals surface area (Å²) in [4.78, 5) is 11.7. The summed E-state index contributed by atoms with van der Waals surface area (Å²) in [6.45, 7) is -0.153. The Bertz CT molecular complexity index is 188. The Morgan fingerprint density at radius 1 is 1.73 bits per heavy atom. The molecule has 1 aliphatic rings. The lowest BCUT2D eigenvalue weighted by Gasteiger charge is -2.19. The van der Waals surface area contributed by atoms with E-state index < -0.39 is 5.97 Å². The molecule has 1 fully saturated rings. The fraction of sp³-hybridized carbons (Fsp3) is 0.667. The lowest BCUT2D eigenvalue weighted by atomic mass is 10.5. The molecule has 1 aliphatic carbocycles. The van der Waals surface area contributed by atoms with Crippen LogP contribution in [0.25, 0.3) is 0 Å². The highest BCUT2D eigenvalue weighted by Crippen LogP contribution is 2.25. The minimum Gasteiger partial charge on any atom is -0.480 e. The molecular weight excluding hydrogens is 146 g/mol. The molecule has 0 atom stereocenters. The van der Waals surface area contributed by atoms with Gasteiger partial charge in [-0.3, -0.25) is 10.2 Å². The van der Waals surface area contributed by atoms with Crippen LogP contribution in [0, 0.1) is 5.41 Å². The van der Waals surface area contributed by atoms with Crippen molar-refractivity contribution in [3.05, 3.63) is 0 Å². The third-order valence-electron chi connectivity index (χ3n) is 1.60. The van der Waals surface area contributed by atoms with E-state index in [1.165, 1.54) is 4.90 Å². The summed E-state index contributed by atoms with van der Waals surface area (Å²) in [5, 5.41) is 15.5. The van der Waals surface area contributed by atoms with Crippen LogP contribution in [0.2, 0.25) is 0 Å². The van der Waals surface area contributed by atoms with E-state index in [1.807, 2.05) is 0 Å². The van der Waals surface area contributed by atoms with E-state index in [9.17, 15) is 4.79 Å². The molecule has 0 spiro atoms. The van der Waals surface area contributed by atoms with Crippen LogP contribution in [0.5, 0.6) is 0 Å². The Kier molecular flexibility index (Phi) is 1.98. The van der Waals surface area contributed by atoms with E-state index in [0.29, 0.717) is 0 Å². The maximum Gasteiger partial charge on any atom is 0.323 e. The zero-order valence-electron chi connectivity index (χ0n) is 6.08. The van der Waals surface area contributed by atoms with Gasteiger partial charge in [0.2, 0.25) is 0 Å². The number of hydrogen-bond donors (Lipinski definition) is 3. The van der Waals surface area contributed by atoms with Gasteiger partial charge in [-0.25, -0.2) is 0 Å². The molecule has 0 unspecified atom stereocenters. The number of hydrogen-bond acceptors (Lipinski definition) is 2. The molecule has 4 N–H and O–H groups in total. The Labute approximate surface area is 64.3 Å². The summed E-state index contributed by atoms with van der Waals surface area (Å²) in [5.41, 5.74) is 5.17. The van der Waals surface area contributed by atoms with Crippen LogP contribution in [0.3, 0.4) is 0 Å². The minimum atomic E-state index is -0.938. The van der Waals surface area contributed by atoms with Crippen molar-refractivity contribution in [1.82, 2.24) is 4.90 Å². The molecule has 0 aromatic rings. The summed E-state index contributed by atoms with van der Waals surface area (Å²) in [6.07, 6.45) is 1.90. The Hall–Kier alpha value is -1.26. The fourth-order valence-electron chi connectivity index (χ4n) is 0.943. The first-order chi connectivity index (χ1) is 5.11. The van der Waals surface area contributed by atoms with Gasteiger partial charge in [0, 0.05) is 6.04 Å². The van der Waals surface area contributed by atoms with Crippen molar-refractivity contribution >= 4 is 11.9 Å². The number of carboxylic acids is 1. The number of nitrogens with one attached hydrogen (secondary N) is 1. The molecule has 62 valence electrons. The van der Waals surface area contributed by atoms with Crippen LogP contribution < -0.4 is 5.73 Å². The second-order valence-electron chi connectivity index (χ2n) is 2.64. The molecule has 0 amide bonds. The van der Waals surface area contributed by atoms with Gasteiger partial charge in [0.1, 0.15) is 6.54 Å². The molecule has 0 heterocycles. The Balaban J connectivity index is 2.45. The summed E-state index contributed by atoms with van der Waals surface area (Å²) in [6, 6.07) is 0.198. The molecular formula is C6H11N3O2. The van der Waals surface area contributed by atoms with Crippen molar-refractivity contribution in [2.75, 3.05) is 6.54 Å². The quantitative estimate of drug-likeness (QED) is 0.378. The van der Waals surface area contributed by atoms with Crippen molar-refractivity contribution < 1.29 is 9.90 Å². The molecule has 0 aliphatic heterocycles. The molecule has 11 heavy (non-hydrogen) atoms. The van der Waals surface area contributed by atoms with Crippen LogP contribution in [0.4, 0.5) is 0 Å². The maximum absolute atomic E-state index is 10.3. The van der Waals surface area contributed by atoms with Crippen molar-refractivity contribution in [2.45, 2.75) is 18.9 Å². The van der Waals surface area contributed by atoms with Gasteiger partial charge in [-0.05, 0) is 12.8 Å². The van der Waals surface area contributed by atoms with E-state index in [1.54, 1.807) is 0 Å².